The Labute approximate surface area is 167 Å². The van der Waals surface area contributed by atoms with Crippen LogP contribution in [0.1, 0.15) is 17.0 Å². The van der Waals surface area contributed by atoms with Crippen LogP contribution in [0.3, 0.4) is 0 Å². The van der Waals surface area contributed by atoms with Crippen LogP contribution in [0.15, 0.2) is 95.4 Å². The smallest absolute Gasteiger partial charge is 0.236 e. The second kappa shape index (κ2) is 6.08. The molecule has 0 spiro atoms. The van der Waals surface area contributed by atoms with E-state index in [0.29, 0.717) is 0 Å². The average molecular weight is 375 g/mol. The topological polar surface area (TPSA) is 42.2 Å². The summed E-state index contributed by atoms with van der Waals surface area (Å²) in [5, 5.41) is 6.29. The molecule has 0 radical (unpaired) electrons. The quantitative estimate of drug-likeness (QED) is 0.391. The van der Waals surface area contributed by atoms with Crippen molar-refractivity contribution in [2.24, 2.45) is 0 Å². The summed E-state index contributed by atoms with van der Waals surface area (Å²) in [5.74, 6) is 0.335. The summed E-state index contributed by atoms with van der Waals surface area (Å²) in [4.78, 5) is 13.1. The second-order valence-electron chi connectivity index (χ2n) is 7.38. The first-order chi connectivity index (χ1) is 14.3. The van der Waals surface area contributed by atoms with Crippen molar-refractivity contribution in [3.8, 4) is 11.3 Å². The number of anilines is 1. The SMILES string of the molecule is O=C1Nc2ccccc2[C@H]1c1c(-c2ccccc2)oc2ccc3ccccc3c12. The van der Waals surface area contributed by atoms with E-state index in [-0.39, 0.29) is 5.91 Å². The van der Waals surface area contributed by atoms with Crippen molar-refractivity contribution in [3.05, 3.63) is 102 Å². The zero-order valence-corrected chi connectivity index (χ0v) is 15.6. The first-order valence-corrected chi connectivity index (χ1v) is 9.70. The van der Waals surface area contributed by atoms with Gasteiger partial charge in [0.1, 0.15) is 11.3 Å². The lowest BCUT2D eigenvalue weighted by molar-refractivity contribution is -0.116. The molecule has 1 aliphatic rings. The molecular weight excluding hydrogens is 358 g/mol. The molecule has 1 amide bonds. The molecule has 0 saturated heterocycles. The van der Waals surface area contributed by atoms with E-state index in [4.69, 9.17) is 4.42 Å². The summed E-state index contributed by atoms with van der Waals surface area (Å²) >= 11 is 0. The van der Waals surface area contributed by atoms with Gasteiger partial charge in [0.05, 0.1) is 5.92 Å². The van der Waals surface area contributed by atoms with Crippen molar-refractivity contribution >= 4 is 33.3 Å². The number of furan rings is 1. The highest BCUT2D eigenvalue weighted by Gasteiger charge is 2.37. The first-order valence-electron chi connectivity index (χ1n) is 9.70. The molecule has 1 aliphatic heterocycles. The average Bonchev–Trinajstić information content (AvgIpc) is 3.31. The van der Waals surface area contributed by atoms with Gasteiger partial charge in [-0.2, -0.15) is 0 Å². The minimum atomic E-state index is -0.409. The second-order valence-corrected chi connectivity index (χ2v) is 7.38. The molecule has 1 atom stereocenters. The third-order valence-electron chi connectivity index (χ3n) is 5.73. The van der Waals surface area contributed by atoms with Crippen LogP contribution in [0.5, 0.6) is 0 Å². The molecule has 3 nitrogen and oxygen atoms in total. The number of fused-ring (bicyclic) bond motifs is 4. The highest BCUT2D eigenvalue weighted by Crippen LogP contribution is 2.47. The molecule has 4 aromatic carbocycles. The molecule has 0 bridgehead atoms. The highest BCUT2D eigenvalue weighted by atomic mass is 16.3. The maximum absolute atomic E-state index is 13.1. The van der Waals surface area contributed by atoms with Crippen LogP contribution >= 0.6 is 0 Å². The molecule has 0 unspecified atom stereocenters. The van der Waals surface area contributed by atoms with Crippen LogP contribution < -0.4 is 5.32 Å². The number of carbonyl (C=O) groups is 1. The summed E-state index contributed by atoms with van der Waals surface area (Å²) in [6.07, 6.45) is 0. The van der Waals surface area contributed by atoms with E-state index in [1.165, 1.54) is 0 Å². The molecule has 138 valence electrons. The molecule has 29 heavy (non-hydrogen) atoms. The van der Waals surface area contributed by atoms with Crippen molar-refractivity contribution < 1.29 is 9.21 Å². The Morgan fingerprint density at radius 3 is 2.41 bits per heavy atom. The monoisotopic (exact) mass is 375 g/mol. The molecule has 0 saturated carbocycles. The number of benzene rings is 4. The van der Waals surface area contributed by atoms with Crippen molar-refractivity contribution in [2.75, 3.05) is 5.32 Å². The van der Waals surface area contributed by atoms with Crippen molar-refractivity contribution in [2.45, 2.75) is 5.92 Å². The lowest BCUT2D eigenvalue weighted by Crippen LogP contribution is -2.13. The van der Waals surface area contributed by atoms with Crippen LogP contribution in [0.25, 0.3) is 33.1 Å². The van der Waals surface area contributed by atoms with Crippen LogP contribution in [0.4, 0.5) is 5.69 Å². The largest absolute Gasteiger partial charge is 0.456 e. The minimum Gasteiger partial charge on any atom is -0.456 e. The number of hydrogen-bond acceptors (Lipinski definition) is 2. The maximum Gasteiger partial charge on any atom is 0.236 e. The van der Waals surface area contributed by atoms with Gasteiger partial charge in [-0.1, -0.05) is 78.9 Å². The van der Waals surface area contributed by atoms with Crippen LogP contribution in [0, 0.1) is 0 Å². The van der Waals surface area contributed by atoms with E-state index in [9.17, 15) is 4.79 Å². The Bertz CT molecular complexity index is 1400. The molecule has 6 rings (SSSR count). The summed E-state index contributed by atoms with van der Waals surface area (Å²) in [6.45, 7) is 0. The molecule has 3 heteroatoms. The van der Waals surface area contributed by atoms with E-state index < -0.39 is 5.92 Å². The standard InChI is InChI=1S/C26H17NO2/c28-26-23(19-12-6-7-13-20(19)27-26)24-22-18-11-5-4-8-16(18)14-15-21(22)29-25(24)17-9-2-1-3-10-17/h1-15,23H,(H,27,28)/t23-/m0/s1. The van der Waals surface area contributed by atoms with E-state index >= 15 is 0 Å². The number of nitrogens with one attached hydrogen (secondary N) is 1. The van der Waals surface area contributed by atoms with Gasteiger partial charge in [-0.3, -0.25) is 4.79 Å². The van der Waals surface area contributed by atoms with Gasteiger partial charge in [0.2, 0.25) is 5.91 Å². The lowest BCUT2D eigenvalue weighted by atomic mass is 9.87. The van der Waals surface area contributed by atoms with Gasteiger partial charge >= 0.3 is 0 Å². The van der Waals surface area contributed by atoms with Crippen molar-refractivity contribution in [1.82, 2.24) is 0 Å². The van der Waals surface area contributed by atoms with E-state index in [2.05, 4.69) is 23.5 Å². The number of para-hydroxylation sites is 1. The number of amides is 1. The fraction of sp³-hybridized carbons (Fsp3) is 0.0385. The van der Waals surface area contributed by atoms with E-state index in [1.807, 2.05) is 72.8 Å². The van der Waals surface area contributed by atoms with Gasteiger partial charge in [0.15, 0.2) is 0 Å². The molecule has 0 aliphatic carbocycles. The highest BCUT2D eigenvalue weighted by molar-refractivity contribution is 6.14. The fourth-order valence-corrected chi connectivity index (χ4v) is 4.47. The lowest BCUT2D eigenvalue weighted by Gasteiger charge is -2.11. The predicted molar refractivity (Wildman–Crippen MR) is 116 cm³/mol. The summed E-state index contributed by atoms with van der Waals surface area (Å²) in [5.41, 5.74) is 4.57. The zero-order chi connectivity index (χ0) is 19.4. The normalized spacial score (nSPS) is 15.6. The Kier molecular flexibility index (Phi) is 3.38. The maximum atomic E-state index is 13.1. The predicted octanol–water partition coefficient (Wildman–Crippen LogP) is 6.34. The summed E-state index contributed by atoms with van der Waals surface area (Å²) in [6, 6.07) is 30.3. The Balaban J connectivity index is 1.76. The van der Waals surface area contributed by atoms with Gasteiger partial charge in [0, 0.05) is 22.2 Å². The number of rotatable bonds is 2. The fourth-order valence-electron chi connectivity index (χ4n) is 4.47. The van der Waals surface area contributed by atoms with E-state index in [1.54, 1.807) is 0 Å². The van der Waals surface area contributed by atoms with Gasteiger partial charge in [0.25, 0.3) is 0 Å². The molecular formula is C26H17NO2. The Hall–Kier alpha value is -3.85. The third kappa shape index (κ3) is 2.34. The van der Waals surface area contributed by atoms with Crippen LogP contribution in [-0.4, -0.2) is 5.91 Å². The first kappa shape index (κ1) is 16.1. The summed E-state index contributed by atoms with van der Waals surface area (Å²) < 4.78 is 6.39. The molecule has 0 fully saturated rings. The minimum absolute atomic E-state index is 0.0148. The van der Waals surface area contributed by atoms with Gasteiger partial charge in [-0.25, -0.2) is 0 Å². The molecule has 1 aromatic heterocycles. The Morgan fingerprint density at radius 2 is 1.52 bits per heavy atom. The van der Waals surface area contributed by atoms with Crippen LogP contribution in [-0.2, 0) is 4.79 Å². The molecule has 1 N–H and O–H groups in total. The number of carbonyl (C=O) groups excluding carboxylic acids is 1. The van der Waals surface area contributed by atoms with E-state index in [0.717, 1.165) is 49.9 Å². The van der Waals surface area contributed by atoms with Gasteiger partial charge in [-0.05, 0) is 28.5 Å². The van der Waals surface area contributed by atoms with Crippen molar-refractivity contribution in [1.29, 1.82) is 0 Å². The van der Waals surface area contributed by atoms with Gasteiger partial charge < -0.3 is 9.73 Å². The molecule has 5 aromatic rings. The number of hydrogen-bond donors (Lipinski definition) is 1. The zero-order valence-electron chi connectivity index (χ0n) is 15.6. The Morgan fingerprint density at radius 1 is 0.759 bits per heavy atom. The molecule has 2 heterocycles. The van der Waals surface area contributed by atoms with Crippen molar-refractivity contribution in [3.63, 3.8) is 0 Å². The van der Waals surface area contributed by atoms with Crippen LogP contribution in [0.2, 0.25) is 0 Å². The van der Waals surface area contributed by atoms with Gasteiger partial charge in [-0.15, -0.1) is 0 Å². The summed E-state index contributed by atoms with van der Waals surface area (Å²) in [7, 11) is 0. The third-order valence-corrected chi connectivity index (χ3v) is 5.73.